The van der Waals surface area contributed by atoms with Gasteiger partial charge in [-0.15, -0.1) is 0 Å². The maximum atomic E-state index is 12.2. The molecule has 4 heteroatoms. The van der Waals surface area contributed by atoms with Gasteiger partial charge in [-0.2, -0.15) is 0 Å². The molecule has 0 aliphatic heterocycles. The van der Waals surface area contributed by atoms with E-state index in [1.807, 2.05) is 25.1 Å². The molecule has 0 spiro atoms. The van der Waals surface area contributed by atoms with Crippen LogP contribution in [0.4, 0.5) is 5.69 Å². The van der Waals surface area contributed by atoms with Crippen LogP contribution in [0.3, 0.4) is 0 Å². The van der Waals surface area contributed by atoms with Crippen LogP contribution >= 0.6 is 0 Å². The minimum atomic E-state index is -0.528. The molecular weight excluding hydrogens is 254 g/mol. The van der Waals surface area contributed by atoms with Crippen LogP contribution < -0.4 is 5.32 Å². The molecule has 0 saturated carbocycles. The standard InChI is InChI=1S/C16H15NO3/c1-11-6-5-7-12(10-11)17-15(18)13-8-3-4-9-14(13)16(19)20-2/h3-10H,1-2H3,(H,17,18). The van der Waals surface area contributed by atoms with Gasteiger partial charge < -0.3 is 10.1 Å². The molecule has 0 aliphatic rings. The van der Waals surface area contributed by atoms with Crippen LogP contribution in [0, 0.1) is 6.92 Å². The van der Waals surface area contributed by atoms with E-state index in [1.165, 1.54) is 7.11 Å². The van der Waals surface area contributed by atoms with E-state index in [9.17, 15) is 9.59 Å². The molecule has 0 radical (unpaired) electrons. The minimum absolute atomic E-state index is 0.250. The molecule has 102 valence electrons. The van der Waals surface area contributed by atoms with Gasteiger partial charge in [0.25, 0.3) is 5.91 Å². The molecular formula is C16H15NO3. The lowest BCUT2D eigenvalue weighted by molar-refractivity contribution is 0.0597. The van der Waals surface area contributed by atoms with E-state index in [2.05, 4.69) is 10.1 Å². The smallest absolute Gasteiger partial charge is 0.338 e. The topological polar surface area (TPSA) is 55.4 Å². The first-order valence-electron chi connectivity index (χ1n) is 6.17. The largest absolute Gasteiger partial charge is 0.465 e. The Morgan fingerprint density at radius 2 is 1.70 bits per heavy atom. The highest BCUT2D eigenvalue weighted by Gasteiger charge is 2.16. The van der Waals surface area contributed by atoms with E-state index >= 15 is 0 Å². The van der Waals surface area contributed by atoms with Crippen LogP contribution in [0.15, 0.2) is 48.5 Å². The highest BCUT2D eigenvalue weighted by Crippen LogP contribution is 2.15. The average molecular weight is 269 g/mol. The third-order valence-electron chi connectivity index (χ3n) is 2.85. The number of aryl methyl sites for hydroxylation is 1. The number of hydrogen-bond donors (Lipinski definition) is 1. The molecule has 2 rings (SSSR count). The van der Waals surface area contributed by atoms with E-state index in [1.54, 1.807) is 30.3 Å². The first kappa shape index (κ1) is 13.8. The third-order valence-corrected chi connectivity index (χ3v) is 2.85. The Labute approximate surface area is 117 Å². The SMILES string of the molecule is COC(=O)c1ccccc1C(=O)Nc1cccc(C)c1. The van der Waals surface area contributed by atoms with Crippen molar-refractivity contribution in [2.45, 2.75) is 6.92 Å². The van der Waals surface area contributed by atoms with Gasteiger partial charge in [-0.25, -0.2) is 4.79 Å². The number of amides is 1. The summed E-state index contributed by atoms with van der Waals surface area (Å²) < 4.78 is 4.68. The van der Waals surface area contributed by atoms with Crippen molar-refractivity contribution in [1.29, 1.82) is 0 Å². The summed E-state index contributed by atoms with van der Waals surface area (Å²) in [5, 5.41) is 2.77. The second-order valence-corrected chi connectivity index (χ2v) is 4.36. The lowest BCUT2D eigenvalue weighted by Crippen LogP contribution is -2.17. The number of ether oxygens (including phenoxy) is 1. The molecule has 20 heavy (non-hydrogen) atoms. The quantitative estimate of drug-likeness (QED) is 0.871. The molecule has 4 nitrogen and oxygen atoms in total. The zero-order chi connectivity index (χ0) is 14.5. The van der Waals surface area contributed by atoms with Crippen LogP contribution in [0.1, 0.15) is 26.3 Å². The lowest BCUT2D eigenvalue weighted by Gasteiger charge is -2.09. The number of nitrogens with one attached hydrogen (secondary N) is 1. The lowest BCUT2D eigenvalue weighted by atomic mass is 10.1. The number of carbonyl (C=O) groups is 2. The van der Waals surface area contributed by atoms with Gasteiger partial charge >= 0.3 is 5.97 Å². The second kappa shape index (κ2) is 6.02. The molecule has 0 atom stereocenters. The summed E-state index contributed by atoms with van der Waals surface area (Å²) in [5.74, 6) is -0.864. The Morgan fingerprint density at radius 1 is 1.00 bits per heavy atom. The zero-order valence-electron chi connectivity index (χ0n) is 11.3. The normalized spacial score (nSPS) is 9.90. The molecule has 2 aromatic carbocycles. The summed E-state index contributed by atoms with van der Waals surface area (Å²) in [4.78, 5) is 23.9. The molecule has 1 amide bonds. The van der Waals surface area contributed by atoms with Crippen molar-refractivity contribution in [3.8, 4) is 0 Å². The summed E-state index contributed by atoms with van der Waals surface area (Å²) >= 11 is 0. The van der Waals surface area contributed by atoms with E-state index in [-0.39, 0.29) is 11.5 Å². The van der Waals surface area contributed by atoms with E-state index in [0.717, 1.165) is 5.56 Å². The Balaban J connectivity index is 2.28. The fraction of sp³-hybridized carbons (Fsp3) is 0.125. The molecule has 1 N–H and O–H groups in total. The molecule has 0 fully saturated rings. The molecule has 0 aromatic heterocycles. The number of hydrogen-bond acceptors (Lipinski definition) is 3. The molecule has 0 heterocycles. The van der Waals surface area contributed by atoms with Crippen molar-refractivity contribution in [2.24, 2.45) is 0 Å². The summed E-state index contributed by atoms with van der Waals surface area (Å²) in [6.45, 7) is 1.94. The van der Waals surface area contributed by atoms with Gasteiger partial charge in [0.1, 0.15) is 0 Å². The predicted octanol–water partition coefficient (Wildman–Crippen LogP) is 3.03. The van der Waals surface area contributed by atoms with E-state index in [4.69, 9.17) is 0 Å². The minimum Gasteiger partial charge on any atom is -0.465 e. The van der Waals surface area contributed by atoms with Gasteiger partial charge in [-0.05, 0) is 36.8 Å². The second-order valence-electron chi connectivity index (χ2n) is 4.36. The Morgan fingerprint density at radius 3 is 2.35 bits per heavy atom. The van der Waals surface area contributed by atoms with E-state index in [0.29, 0.717) is 11.3 Å². The Hall–Kier alpha value is -2.62. The van der Waals surface area contributed by atoms with Crippen LogP contribution in [-0.2, 0) is 4.74 Å². The summed E-state index contributed by atoms with van der Waals surface area (Å²) in [6.07, 6.45) is 0. The molecule has 2 aromatic rings. The molecule has 0 saturated heterocycles. The van der Waals surface area contributed by atoms with Gasteiger partial charge in [-0.3, -0.25) is 4.79 Å². The Bertz CT molecular complexity index is 650. The van der Waals surface area contributed by atoms with Crippen molar-refractivity contribution < 1.29 is 14.3 Å². The first-order valence-corrected chi connectivity index (χ1v) is 6.17. The summed E-state index contributed by atoms with van der Waals surface area (Å²) in [7, 11) is 1.29. The summed E-state index contributed by atoms with van der Waals surface area (Å²) in [5.41, 5.74) is 2.28. The molecule has 0 bridgehead atoms. The first-order chi connectivity index (χ1) is 9.61. The van der Waals surface area contributed by atoms with Crippen LogP contribution in [0.2, 0.25) is 0 Å². The van der Waals surface area contributed by atoms with Crippen molar-refractivity contribution in [1.82, 2.24) is 0 Å². The number of methoxy groups -OCH3 is 1. The fourth-order valence-electron chi connectivity index (χ4n) is 1.89. The average Bonchev–Trinajstić information content (AvgIpc) is 2.46. The van der Waals surface area contributed by atoms with Gasteiger partial charge in [0.05, 0.1) is 18.2 Å². The zero-order valence-corrected chi connectivity index (χ0v) is 11.3. The van der Waals surface area contributed by atoms with Crippen molar-refractivity contribution >= 4 is 17.6 Å². The predicted molar refractivity (Wildman–Crippen MR) is 76.9 cm³/mol. The van der Waals surface area contributed by atoms with Crippen LogP contribution in [0.5, 0.6) is 0 Å². The fourth-order valence-corrected chi connectivity index (χ4v) is 1.89. The number of benzene rings is 2. The Kier molecular flexibility index (Phi) is 4.15. The van der Waals surface area contributed by atoms with Gasteiger partial charge in [-0.1, -0.05) is 24.3 Å². The number of rotatable bonds is 3. The molecule has 0 unspecified atom stereocenters. The van der Waals surface area contributed by atoms with Crippen molar-refractivity contribution in [3.05, 3.63) is 65.2 Å². The number of carbonyl (C=O) groups excluding carboxylic acids is 2. The molecule has 0 aliphatic carbocycles. The van der Waals surface area contributed by atoms with Gasteiger partial charge in [0.15, 0.2) is 0 Å². The van der Waals surface area contributed by atoms with Crippen molar-refractivity contribution in [2.75, 3.05) is 12.4 Å². The van der Waals surface area contributed by atoms with Gasteiger partial charge in [0.2, 0.25) is 0 Å². The van der Waals surface area contributed by atoms with E-state index < -0.39 is 5.97 Å². The third kappa shape index (κ3) is 3.03. The van der Waals surface area contributed by atoms with Crippen LogP contribution in [-0.4, -0.2) is 19.0 Å². The monoisotopic (exact) mass is 269 g/mol. The highest BCUT2D eigenvalue weighted by atomic mass is 16.5. The van der Waals surface area contributed by atoms with Crippen molar-refractivity contribution in [3.63, 3.8) is 0 Å². The van der Waals surface area contributed by atoms with Crippen LogP contribution in [0.25, 0.3) is 0 Å². The maximum Gasteiger partial charge on any atom is 0.338 e. The van der Waals surface area contributed by atoms with Gasteiger partial charge in [0, 0.05) is 5.69 Å². The number of anilines is 1. The highest BCUT2D eigenvalue weighted by molar-refractivity contribution is 6.11. The maximum absolute atomic E-state index is 12.2. The number of esters is 1. The summed E-state index contributed by atoms with van der Waals surface area (Å²) in [6, 6.07) is 14.0.